The molecular formula is C18H21FN2O4. The number of imide groups is 1. The van der Waals surface area contributed by atoms with Crippen LogP contribution < -0.4 is 4.90 Å². The largest absolute Gasteiger partial charge is 0.418 e. The zero-order valence-electron chi connectivity index (χ0n) is 14.7. The molecule has 0 spiro atoms. The van der Waals surface area contributed by atoms with Gasteiger partial charge in [0.25, 0.3) is 5.91 Å². The van der Waals surface area contributed by atoms with Gasteiger partial charge >= 0.3 is 11.9 Å². The minimum Gasteiger partial charge on any atom is -0.418 e. The van der Waals surface area contributed by atoms with Crippen molar-refractivity contribution < 1.29 is 23.5 Å². The first kappa shape index (κ1) is 18.6. The molecule has 0 aromatic heterocycles. The fourth-order valence-corrected chi connectivity index (χ4v) is 2.45. The number of hydrogen-bond donors (Lipinski definition) is 0. The van der Waals surface area contributed by atoms with Gasteiger partial charge in [0.2, 0.25) is 5.76 Å². The van der Waals surface area contributed by atoms with E-state index >= 15 is 0 Å². The Bertz CT molecular complexity index is 721. The Balaban J connectivity index is 2.48. The number of amides is 2. The Kier molecular flexibility index (Phi) is 5.56. The Morgan fingerprint density at radius 3 is 2.16 bits per heavy atom. The van der Waals surface area contributed by atoms with E-state index in [1.807, 2.05) is 13.8 Å². The summed E-state index contributed by atoms with van der Waals surface area (Å²) >= 11 is 0. The lowest BCUT2D eigenvalue weighted by Crippen LogP contribution is -2.35. The molecule has 0 fully saturated rings. The lowest BCUT2D eigenvalue weighted by Gasteiger charge is -2.22. The Labute approximate surface area is 145 Å². The highest BCUT2D eigenvalue weighted by atomic mass is 19.1. The molecule has 2 rings (SSSR count). The van der Waals surface area contributed by atoms with E-state index in [1.54, 1.807) is 18.7 Å². The molecule has 0 saturated heterocycles. The summed E-state index contributed by atoms with van der Waals surface area (Å²) in [7, 11) is 0. The third-order valence-corrected chi connectivity index (χ3v) is 3.86. The molecule has 0 unspecified atom stereocenters. The van der Waals surface area contributed by atoms with Crippen molar-refractivity contribution in [2.75, 3.05) is 18.0 Å². The first-order valence-electron chi connectivity index (χ1n) is 8.17. The minimum absolute atomic E-state index is 0.0494. The quantitative estimate of drug-likeness (QED) is 0.583. The monoisotopic (exact) mass is 348 g/mol. The van der Waals surface area contributed by atoms with Crippen molar-refractivity contribution in [3.63, 3.8) is 0 Å². The van der Waals surface area contributed by atoms with Crippen molar-refractivity contribution in [2.24, 2.45) is 5.92 Å². The van der Waals surface area contributed by atoms with Crippen LogP contribution in [0, 0.1) is 11.7 Å². The maximum absolute atomic E-state index is 13.1. The third kappa shape index (κ3) is 3.55. The second-order valence-corrected chi connectivity index (χ2v) is 5.85. The van der Waals surface area contributed by atoms with Gasteiger partial charge < -0.3 is 9.64 Å². The first-order chi connectivity index (χ1) is 11.8. The van der Waals surface area contributed by atoms with E-state index in [2.05, 4.69) is 0 Å². The zero-order valence-corrected chi connectivity index (χ0v) is 14.7. The van der Waals surface area contributed by atoms with E-state index in [4.69, 9.17) is 4.74 Å². The molecule has 0 N–H and O–H groups in total. The molecule has 0 radical (unpaired) electrons. The normalized spacial score (nSPS) is 14.6. The summed E-state index contributed by atoms with van der Waals surface area (Å²) in [5, 5.41) is 0. The van der Waals surface area contributed by atoms with Gasteiger partial charge in [-0.1, -0.05) is 13.8 Å². The predicted molar refractivity (Wildman–Crippen MR) is 89.8 cm³/mol. The number of benzene rings is 1. The van der Waals surface area contributed by atoms with Gasteiger partial charge in [0.1, 0.15) is 5.82 Å². The molecule has 1 aromatic carbocycles. The summed E-state index contributed by atoms with van der Waals surface area (Å²) in [6, 6.07) is 4.98. The molecule has 0 atom stereocenters. The van der Waals surface area contributed by atoms with Crippen LogP contribution in [-0.2, 0) is 19.1 Å². The van der Waals surface area contributed by atoms with E-state index in [-0.39, 0.29) is 17.1 Å². The van der Waals surface area contributed by atoms with Crippen molar-refractivity contribution in [3.05, 3.63) is 41.5 Å². The Hall–Kier alpha value is -2.70. The molecule has 1 aliphatic heterocycles. The maximum Gasteiger partial charge on any atom is 0.314 e. The second-order valence-electron chi connectivity index (χ2n) is 5.85. The summed E-state index contributed by atoms with van der Waals surface area (Å²) in [5.41, 5.74) is 0.268. The van der Waals surface area contributed by atoms with Gasteiger partial charge in [-0.15, -0.1) is 0 Å². The van der Waals surface area contributed by atoms with Crippen LogP contribution in [0.5, 0.6) is 0 Å². The van der Waals surface area contributed by atoms with Gasteiger partial charge in [-0.2, -0.15) is 0 Å². The highest BCUT2D eigenvalue weighted by molar-refractivity contribution is 6.32. The smallest absolute Gasteiger partial charge is 0.314 e. The summed E-state index contributed by atoms with van der Waals surface area (Å²) < 4.78 is 18.4. The molecular weight excluding hydrogens is 327 g/mol. The highest BCUT2D eigenvalue weighted by Gasteiger charge is 2.44. The van der Waals surface area contributed by atoms with Crippen LogP contribution in [0.15, 0.2) is 35.7 Å². The summed E-state index contributed by atoms with van der Waals surface area (Å²) in [5.74, 6) is -3.13. The van der Waals surface area contributed by atoms with Crippen molar-refractivity contribution in [1.82, 2.24) is 4.90 Å². The van der Waals surface area contributed by atoms with E-state index in [9.17, 15) is 18.8 Å². The lowest BCUT2D eigenvalue weighted by molar-refractivity contribution is -0.145. The van der Waals surface area contributed by atoms with Crippen molar-refractivity contribution in [2.45, 2.75) is 27.7 Å². The van der Waals surface area contributed by atoms with E-state index in [1.165, 1.54) is 12.1 Å². The number of anilines is 1. The number of ether oxygens (including phenoxy) is 1. The fourth-order valence-electron chi connectivity index (χ4n) is 2.45. The van der Waals surface area contributed by atoms with E-state index in [0.29, 0.717) is 13.1 Å². The molecule has 1 aliphatic rings. The van der Waals surface area contributed by atoms with Crippen LogP contribution in [0.25, 0.3) is 0 Å². The van der Waals surface area contributed by atoms with Crippen molar-refractivity contribution in [3.8, 4) is 0 Å². The summed E-state index contributed by atoms with van der Waals surface area (Å²) in [6.07, 6.45) is 0. The Morgan fingerprint density at radius 1 is 1.12 bits per heavy atom. The van der Waals surface area contributed by atoms with Gasteiger partial charge in [0.05, 0.1) is 11.6 Å². The molecule has 0 saturated carbocycles. The topological polar surface area (TPSA) is 66.9 Å². The molecule has 7 heteroatoms. The highest BCUT2D eigenvalue weighted by Crippen LogP contribution is 2.30. The number of nitrogens with zero attached hydrogens (tertiary/aromatic N) is 2. The molecule has 25 heavy (non-hydrogen) atoms. The molecule has 1 heterocycles. The van der Waals surface area contributed by atoms with Gasteiger partial charge in [-0.25, -0.2) is 9.29 Å². The SMILES string of the molecule is CCN(CC)C1=C(OC(=O)C(C)C)C(=O)N(c2ccc(F)cc2)C1=O. The van der Waals surface area contributed by atoms with Gasteiger partial charge in [-0.3, -0.25) is 14.4 Å². The van der Waals surface area contributed by atoms with E-state index in [0.717, 1.165) is 17.0 Å². The number of esters is 1. The van der Waals surface area contributed by atoms with Crippen LogP contribution in [0.1, 0.15) is 27.7 Å². The predicted octanol–water partition coefficient (Wildman–Crippen LogP) is 2.45. The van der Waals surface area contributed by atoms with E-state index < -0.39 is 29.5 Å². The van der Waals surface area contributed by atoms with Gasteiger partial charge in [0.15, 0.2) is 5.70 Å². The van der Waals surface area contributed by atoms with Gasteiger partial charge in [-0.05, 0) is 38.1 Å². The molecule has 1 aromatic rings. The van der Waals surface area contributed by atoms with Crippen LogP contribution in [-0.4, -0.2) is 35.8 Å². The van der Waals surface area contributed by atoms with Crippen molar-refractivity contribution in [1.29, 1.82) is 0 Å². The molecule has 0 aliphatic carbocycles. The van der Waals surface area contributed by atoms with Crippen LogP contribution in [0.3, 0.4) is 0 Å². The zero-order chi connectivity index (χ0) is 18.7. The summed E-state index contributed by atoms with van der Waals surface area (Å²) in [4.78, 5) is 40.1. The minimum atomic E-state index is -0.729. The second kappa shape index (κ2) is 7.46. The Morgan fingerprint density at radius 2 is 1.68 bits per heavy atom. The number of rotatable bonds is 6. The number of carbonyl (C=O) groups excluding carboxylic acids is 3. The van der Waals surface area contributed by atoms with Crippen LogP contribution in [0.2, 0.25) is 0 Å². The average molecular weight is 348 g/mol. The number of likely N-dealkylation sites (N-methyl/N-ethyl adjacent to an activating group) is 1. The lowest BCUT2D eigenvalue weighted by atomic mass is 10.2. The fraction of sp³-hybridized carbons (Fsp3) is 0.389. The standard InChI is InChI=1S/C18H21FN2O4/c1-5-20(6-2)14-15(25-18(24)11(3)4)17(23)21(16(14)22)13-9-7-12(19)8-10-13/h7-11H,5-6H2,1-4H3. The number of hydrogen-bond acceptors (Lipinski definition) is 5. The van der Waals surface area contributed by atoms with Crippen LogP contribution in [0.4, 0.5) is 10.1 Å². The third-order valence-electron chi connectivity index (χ3n) is 3.86. The molecule has 134 valence electrons. The molecule has 6 nitrogen and oxygen atoms in total. The van der Waals surface area contributed by atoms with Crippen molar-refractivity contribution >= 4 is 23.5 Å². The van der Waals surface area contributed by atoms with Gasteiger partial charge in [0, 0.05) is 13.1 Å². The average Bonchev–Trinajstić information content (AvgIpc) is 2.81. The molecule has 0 bridgehead atoms. The number of halogens is 1. The number of carbonyl (C=O) groups is 3. The first-order valence-corrected chi connectivity index (χ1v) is 8.17. The summed E-state index contributed by atoms with van der Waals surface area (Å²) in [6.45, 7) is 7.86. The molecule has 2 amide bonds. The maximum atomic E-state index is 13.1. The van der Waals surface area contributed by atoms with Crippen LogP contribution >= 0.6 is 0 Å².